The summed E-state index contributed by atoms with van der Waals surface area (Å²) < 4.78 is 0. The van der Waals surface area contributed by atoms with Gasteiger partial charge in [0.25, 0.3) is 0 Å². The van der Waals surface area contributed by atoms with E-state index in [1.807, 2.05) is 0 Å². The summed E-state index contributed by atoms with van der Waals surface area (Å²) >= 11 is 1.39. The summed E-state index contributed by atoms with van der Waals surface area (Å²) in [5, 5.41) is 24.7. The lowest BCUT2D eigenvalue weighted by Crippen LogP contribution is -2.57. The number of thioether (sulfide) groups is 1. The largest absolute Gasteiger partial charge is 0.481 e. The molecule has 0 heterocycles. The first kappa shape index (κ1) is 28.1. The van der Waals surface area contributed by atoms with Crippen molar-refractivity contribution in [2.24, 2.45) is 11.5 Å². The Morgan fingerprint density at radius 2 is 1.42 bits per heavy atom. The highest BCUT2D eigenvalue weighted by molar-refractivity contribution is 7.98. The Kier molecular flexibility index (Phi) is 12.9. The van der Waals surface area contributed by atoms with Gasteiger partial charge in [0.05, 0.1) is 12.5 Å². The number of amides is 4. The molecule has 14 heteroatoms. The van der Waals surface area contributed by atoms with Crippen molar-refractivity contribution in [1.29, 1.82) is 0 Å². The normalized spacial score (nSPS) is 14.4. The highest BCUT2D eigenvalue weighted by Gasteiger charge is 2.29. The molecule has 9 N–H and O–H groups in total. The third kappa shape index (κ3) is 11.8. The molecule has 0 bridgehead atoms. The maximum Gasteiger partial charge on any atom is 0.325 e. The third-order valence-electron chi connectivity index (χ3n) is 4.01. The van der Waals surface area contributed by atoms with Gasteiger partial charge in [0.2, 0.25) is 23.6 Å². The Morgan fingerprint density at radius 3 is 1.90 bits per heavy atom. The van der Waals surface area contributed by atoms with Crippen LogP contribution in [0.4, 0.5) is 0 Å². The Labute approximate surface area is 183 Å². The van der Waals surface area contributed by atoms with Gasteiger partial charge in [-0.1, -0.05) is 0 Å². The number of carbonyl (C=O) groups excluding carboxylic acids is 4. The van der Waals surface area contributed by atoms with Crippen LogP contribution in [-0.4, -0.2) is 82.0 Å². The Bertz CT molecular complexity index is 689. The van der Waals surface area contributed by atoms with Gasteiger partial charge in [-0.05, 0) is 31.8 Å². The maximum atomic E-state index is 12.7. The van der Waals surface area contributed by atoms with Gasteiger partial charge < -0.3 is 37.6 Å². The van der Waals surface area contributed by atoms with Crippen LogP contribution in [-0.2, 0) is 28.8 Å². The van der Waals surface area contributed by atoms with Gasteiger partial charge in [-0.15, -0.1) is 0 Å². The molecule has 0 aromatic rings. The van der Waals surface area contributed by atoms with Crippen molar-refractivity contribution in [3.8, 4) is 0 Å². The number of rotatable bonds is 15. The third-order valence-corrected chi connectivity index (χ3v) is 4.65. The van der Waals surface area contributed by atoms with Crippen LogP contribution in [0, 0.1) is 0 Å². The number of primary amides is 1. The lowest BCUT2D eigenvalue weighted by molar-refractivity contribution is -0.142. The highest BCUT2D eigenvalue weighted by atomic mass is 32.2. The van der Waals surface area contributed by atoms with Gasteiger partial charge in [-0.25, -0.2) is 0 Å². The number of carboxylic acid groups (broad SMARTS) is 2. The van der Waals surface area contributed by atoms with Gasteiger partial charge in [0.1, 0.15) is 18.1 Å². The summed E-state index contributed by atoms with van der Waals surface area (Å²) in [6.07, 6.45) is 0.723. The summed E-state index contributed by atoms with van der Waals surface area (Å²) in [6, 6.07) is -5.02. The minimum absolute atomic E-state index is 0.154. The Morgan fingerprint density at radius 1 is 0.903 bits per heavy atom. The van der Waals surface area contributed by atoms with Crippen molar-refractivity contribution in [3.05, 3.63) is 0 Å². The summed E-state index contributed by atoms with van der Waals surface area (Å²) in [5.41, 5.74) is 10.6. The zero-order valence-corrected chi connectivity index (χ0v) is 18.1. The molecule has 0 rings (SSSR count). The van der Waals surface area contributed by atoms with Crippen LogP contribution in [0.25, 0.3) is 0 Å². The van der Waals surface area contributed by atoms with Gasteiger partial charge >= 0.3 is 11.9 Å². The second kappa shape index (κ2) is 14.2. The zero-order chi connectivity index (χ0) is 24.1. The van der Waals surface area contributed by atoms with Crippen molar-refractivity contribution < 1.29 is 39.0 Å². The topological polar surface area (TPSA) is 231 Å². The van der Waals surface area contributed by atoms with Crippen molar-refractivity contribution >= 4 is 47.3 Å². The van der Waals surface area contributed by atoms with Crippen molar-refractivity contribution in [2.75, 3.05) is 12.0 Å². The van der Waals surface area contributed by atoms with E-state index in [-0.39, 0.29) is 12.8 Å². The van der Waals surface area contributed by atoms with E-state index in [9.17, 15) is 28.8 Å². The molecule has 0 unspecified atom stereocenters. The molecule has 4 amide bonds. The quantitative estimate of drug-likeness (QED) is 0.133. The number of nitrogens with one attached hydrogen (secondary N) is 3. The molecule has 0 aliphatic rings. The summed E-state index contributed by atoms with van der Waals surface area (Å²) in [5.74, 6) is -5.36. The zero-order valence-electron chi connectivity index (χ0n) is 17.3. The molecule has 0 spiro atoms. The van der Waals surface area contributed by atoms with Crippen LogP contribution in [0.2, 0.25) is 0 Å². The SMILES string of the molecule is CSCC[C@H](NC(=O)[C@@H](N)CC(N)=O)C(=O)N[C@@H](CCC(=O)O)C(=O)N[C@@H](C)C(=O)O. The first-order chi connectivity index (χ1) is 14.4. The number of carboxylic acids is 2. The Balaban J connectivity index is 5.36. The van der Waals surface area contributed by atoms with E-state index >= 15 is 0 Å². The van der Waals surface area contributed by atoms with E-state index in [2.05, 4.69) is 16.0 Å². The van der Waals surface area contributed by atoms with E-state index < -0.39 is 72.6 Å². The fourth-order valence-electron chi connectivity index (χ4n) is 2.28. The fraction of sp³-hybridized carbons (Fsp3) is 0.647. The second-order valence-corrected chi connectivity index (χ2v) is 7.67. The van der Waals surface area contributed by atoms with Crippen LogP contribution in [0.15, 0.2) is 0 Å². The number of hydrogen-bond donors (Lipinski definition) is 7. The molecule has 0 saturated heterocycles. The predicted octanol–water partition coefficient (Wildman–Crippen LogP) is -2.63. The average Bonchev–Trinajstić information content (AvgIpc) is 2.66. The minimum atomic E-state index is -1.35. The first-order valence-electron chi connectivity index (χ1n) is 9.27. The lowest BCUT2D eigenvalue weighted by atomic mass is 10.1. The fourth-order valence-corrected chi connectivity index (χ4v) is 2.75. The average molecular weight is 464 g/mol. The first-order valence-corrected chi connectivity index (χ1v) is 10.7. The molecule has 0 fully saturated rings. The number of aliphatic carboxylic acids is 2. The van der Waals surface area contributed by atoms with Crippen molar-refractivity contribution in [1.82, 2.24) is 16.0 Å². The maximum absolute atomic E-state index is 12.7. The number of hydrogen-bond acceptors (Lipinski definition) is 8. The molecule has 176 valence electrons. The lowest BCUT2D eigenvalue weighted by Gasteiger charge is -2.24. The van der Waals surface area contributed by atoms with E-state index in [1.54, 1.807) is 6.26 Å². The molecule has 0 aromatic carbocycles. The summed E-state index contributed by atoms with van der Waals surface area (Å²) in [6.45, 7) is 1.21. The molecule has 0 aliphatic carbocycles. The van der Waals surface area contributed by atoms with Gasteiger partial charge in [0.15, 0.2) is 0 Å². The van der Waals surface area contributed by atoms with Gasteiger partial charge in [-0.3, -0.25) is 28.8 Å². The van der Waals surface area contributed by atoms with Crippen LogP contribution in [0.3, 0.4) is 0 Å². The molecule has 0 aliphatic heterocycles. The monoisotopic (exact) mass is 463 g/mol. The summed E-state index contributed by atoms with van der Waals surface area (Å²) in [7, 11) is 0. The molecule has 0 saturated carbocycles. The molecular weight excluding hydrogens is 434 g/mol. The molecule has 0 radical (unpaired) electrons. The van der Waals surface area contributed by atoms with Crippen molar-refractivity contribution in [3.63, 3.8) is 0 Å². The van der Waals surface area contributed by atoms with E-state index in [1.165, 1.54) is 18.7 Å². The van der Waals surface area contributed by atoms with Crippen LogP contribution >= 0.6 is 11.8 Å². The summed E-state index contributed by atoms with van der Waals surface area (Å²) in [4.78, 5) is 70.0. The smallest absolute Gasteiger partial charge is 0.325 e. The van der Waals surface area contributed by atoms with Crippen LogP contribution in [0.5, 0.6) is 0 Å². The van der Waals surface area contributed by atoms with E-state index in [0.717, 1.165) is 0 Å². The predicted molar refractivity (Wildman–Crippen MR) is 111 cm³/mol. The van der Waals surface area contributed by atoms with Gasteiger partial charge in [0, 0.05) is 6.42 Å². The van der Waals surface area contributed by atoms with E-state index in [4.69, 9.17) is 21.7 Å². The molecule has 13 nitrogen and oxygen atoms in total. The second-order valence-electron chi connectivity index (χ2n) is 6.68. The number of carbonyl (C=O) groups is 6. The molecule has 31 heavy (non-hydrogen) atoms. The molecule has 4 atom stereocenters. The van der Waals surface area contributed by atoms with E-state index in [0.29, 0.717) is 5.75 Å². The minimum Gasteiger partial charge on any atom is -0.481 e. The Hall–Kier alpha value is -2.87. The molecule has 0 aromatic heterocycles. The number of nitrogens with two attached hydrogens (primary N) is 2. The van der Waals surface area contributed by atoms with Crippen molar-refractivity contribution in [2.45, 2.75) is 56.8 Å². The van der Waals surface area contributed by atoms with Crippen LogP contribution < -0.4 is 27.4 Å². The standard InChI is InChI=1S/C17H29N5O8S/c1-8(17(29)30)20-15(27)10(3-4-13(24)25)22-16(28)11(5-6-31-2)21-14(26)9(18)7-12(19)23/h8-11H,3-7,18H2,1-2H3,(H2,19,23)(H,20,27)(H,21,26)(H,22,28)(H,24,25)(H,29,30)/t8-,9-,10-,11-/m0/s1. The van der Waals surface area contributed by atoms with Crippen LogP contribution in [0.1, 0.15) is 32.6 Å². The molecular formula is C17H29N5O8S. The highest BCUT2D eigenvalue weighted by Crippen LogP contribution is 2.05. The van der Waals surface area contributed by atoms with Gasteiger partial charge in [-0.2, -0.15) is 11.8 Å².